The number of hydrogen-bond donors (Lipinski definition) is 0. The van der Waals surface area contributed by atoms with Crippen molar-refractivity contribution in [3.05, 3.63) is 21.1 Å². The van der Waals surface area contributed by atoms with Crippen LogP contribution in [0.5, 0.6) is 0 Å². The largest absolute Gasteiger partial charge is 0.0807 e. The molecule has 3 heteroatoms. The smallest absolute Gasteiger partial charge is 0.0467 e. The maximum absolute atomic E-state index is 3.60. The first-order chi connectivity index (χ1) is 4.49. The minimum atomic E-state index is 0.111. The highest BCUT2D eigenvalue weighted by molar-refractivity contribution is 9.12. The summed E-state index contributed by atoms with van der Waals surface area (Å²) in [5.74, 6) is 0. The zero-order chi connectivity index (χ0) is 7.78. The van der Waals surface area contributed by atoms with Crippen molar-refractivity contribution in [3.8, 4) is 0 Å². The van der Waals surface area contributed by atoms with Crippen molar-refractivity contribution in [1.29, 1.82) is 0 Å². The van der Waals surface area contributed by atoms with E-state index in [0.717, 1.165) is 10.9 Å². The fourth-order valence-corrected chi connectivity index (χ4v) is 4.06. The van der Waals surface area contributed by atoms with E-state index in [0.29, 0.717) is 0 Å². The first kappa shape index (κ1) is 9.01. The second-order valence-corrected chi connectivity index (χ2v) is 6.32. The molecule has 0 aromatic carbocycles. The Morgan fingerprint density at radius 3 is 2.50 bits per heavy atom. The molecule has 1 aliphatic rings. The molecule has 0 aromatic heterocycles. The van der Waals surface area contributed by atoms with Crippen LogP contribution in [0.1, 0.15) is 13.3 Å². The predicted octanol–water partition coefficient (Wildman–Crippen LogP) is 4.10. The zero-order valence-corrected chi connectivity index (χ0v) is 10.3. The second-order valence-electron chi connectivity index (χ2n) is 2.58. The van der Waals surface area contributed by atoms with Crippen LogP contribution in [0.4, 0.5) is 0 Å². The van der Waals surface area contributed by atoms with Crippen molar-refractivity contribution in [2.24, 2.45) is 0 Å². The third-order valence-electron chi connectivity index (χ3n) is 1.25. The van der Waals surface area contributed by atoms with Gasteiger partial charge in [-0.25, -0.2) is 0 Å². The van der Waals surface area contributed by atoms with Gasteiger partial charge in [0.25, 0.3) is 0 Å². The summed E-state index contributed by atoms with van der Waals surface area (Å²) in [4.78, 5) is 0. The van der Waals surface area contributed by atoms with Crippen LogP contribution in [0.15, 0.2) is 21.1 Å². The van der Waals surface area contributed by atoms with E-state index in [4.69, 9.17) is 0 Å². The highest BCUT2D eigenvalue weighted by atomic mass is 79.9. The highest BCUT2D eigenvalue weighted by Gasteiger charge is 2.21. The Kier molecular flexibility index (Phi) is 2.81. The molecule has 1 aliphatic carbocycles. The molecule has 10 heavy (non-hydrogen) atoms. The van der Waals surface area contributed by atoms with E-state index in [9.17, 15) is 0 Å². The van der Waals surface area contributed by atoms with Crippen molar-refractivity contribution >= 4 is 47.8 Å². The Morgan fingerprint density at radius 2 is 2.10 bits per heavy atom. The maximum atomic E-state index is 3.60. The minimum Gasteiger partial charge on any atom is -0.0807 e. The average molecular weight is 331 g/mol. The average Bonchev–Trinajstić information content (AvgIpc) is 1.54. The lowest BCUT2D eigenvalue weighted by Gasteiger charge is -2.21. The second kappa shape index (κ2) is 3.11. The number of rotatable bonds is 0. The van der Waals surface area contributed by atoms with Crippen molar-refractivity contribution in [2.75, 3.05) is 0 Å². The molecule has 0 amide bonds. The third kappa shape index (κ3) is 2.51. The Bertz CT molecular complexity index is 201. The molecule has 0 aromatic rings. The molecule has 0 spiro atoms. The summed E-state index contributed by atoms with van der Waals surface area (Å²) < 4.78 is 2.46. The van der Waals surface area contributed by atoms with Gasteiger partial charge in [0.05, 0.1) is 0 Å². The van der Waals surface area contributed by atoms with Crippen molar-refractivity contribution in [3.63, 3.8) is 0 Å². The molecule has 0 N–H and O–H groups in total. The van der Waals surface area contributed by atoms with Gasteiger partial charge in [-0.1, -0.05) is 53.9 Å². The summed E-state index contributed by atoms with van der Waals surface area (Å²) in [7, 11) is 0. The molecule has 1 atom stereocenters. The molecular formula is C7H7Br3. The molecule has 0 radical (unpaired) electrons. The van der Waals surface area contributed by atoms with Crippen LogP contribution in [-0.2, 0) is 0 Å². The first-order valence-corrected chi connectivity index (χ1v) is 5.31. The van der Waals surface area contributed by atoms with Crippen LogP contribution in [-0.4, -0.2) is 4.32 Å². The fourth-order valence-electron chi connectivity index (χ4n) is 0.911. The normalized spacial score (nSPS) is 33.2. The van der Waals surface area contributed by atoms with Crippen LogP contribution in [0, 0.1) is 0 Å². The SMILES string of the molecule is CC1(Br)C=C(Br)C=C(Br)C1. The van der Waals surface area contributed by atoms with Gasteiger partial charge < -0.3 is 0 Å². The monoisotopic (exact) mass is 328 g/mol. The van der Waals surface area contributed by atoms with Gasteiger partial charge in [-0.2, -0.15) is 0 Å². The molecule has 0 fully saturated rings. The minimum absolute atomic E-state index is 0.111. The molecular weight excluding hydrogens is 324 g/mol. The lowest BCUT2D eigenvalue weighted by atomic mass is 10.0. The van der Waals surface area contributed by atoms with Crippen LogP contribution >= 0.6 is 47.8 Å². The predicted molar refractivity (Wildman–Crippen MR) is 56.0 cm³/mol. The van der Waals surface area contributed by atoms with Gasteiger partial charge in [-0.3, -0.25) is 0 Å². The van der Waals surface area contributed by atoms with Crippen LogP contribution in [0.25, 0.3) is 0 Å². The van der Waals surface area contributed by atoms with Crippen molar-refractivity contribution in [2.45, 2.75) is 17.7 Å². The van der Waals surface area contributed by atoms with Gasteiger partial charge in [-0.15, -0.1) is 0 Å². The van der Waals surface area contributed by atoms with E-state index < -0.39 is 0 Å². The Morgan fingerprint density at radius 1 is 1.50 bits per heavy atom. The lowest BCUT2D eigenvalue weighted by Crippen LogP contribution is -2.14. The summed E-state index contributed by atoms with van der Waals surface area (Å²) in [6.07, 6.45) is 5.24. The first-order valence-electron chi connectivity index (χ1n) is 2.93. The molecule has 1 rings (SSSR count). The Labute approximate surface area is 86.1 Å². The molecule has 0 aliphatic heterocycles. The van der Waals surface area contributed by atoms with Crippen LogP contribution in [0.3, 0.4) is 0 Å². The van der Waals surface area contributed by atoms with E-state index in [-0.39, 0.29) is 4.32 Å². The number of hydrogen-bond acceptors (Lipinski definition) is 0. The van der Waals surface area contributed by atoms with E-state index in [1.807, 2.05) is 0 Å². The summed E-state index contributed by atoms with van der Waals surface area (Å²) in [6.45, 7) is 2.14. The Hall–Kier alpha value is 0.920. The van der Waals surface area contributed by atoms with Crippen LogP contribution < -0.4 is 0 Å². The molecule has 56 valence electrons. The molecule has 0 heterocycles. The topological polar surface area (TPSA) is 0 Å². The summed E-state index contributed by atoms with van der Waals surface area (Å²) in [5.41, 5.74) is 0. The number of halogens is 3. The van der Waals surface area contributed by atoms with Gasteiger partial charge in [0.1, 0.15) is 0 Å². The molecule has 0 bridgehead atoms. The third-order valence-corrected chi connectivity index (χ3v) is 2.72. The van der Waals surface area contributed by atoms with Gasteiger partial charge in [-0.05, 0) is 23.9 Å². The van der Waals surface area contributed by atoms with Crippen LogP contribution in [0.2, 0.25) is 0 Å². The van der Waals surface area contributed by atoms with E-state index in [1.165, 1.54) is 4.48 Å². The fraction of sp³-hybridized carbons (Fsp3) is 0.429. The molecule has 1 unspecified atom stereocenters. The van der Waals surface area contributed by atoms with E-state index in [2.05, 4.69) is 66.9 Å². The summed E-state index contributed by atoms with van der Waals surface area (Å²) >= 11 is 10.5. The molecule has 0 nitrogen and oxygen atoms in total. The molecule has 0 saturated carbocycles. The summed E-state index contributed by atoms with van der Waals surface area (Å²) in [5, 5.41) is 0. The Balaban J connectivity index is 2.88. The zero-order valence-electron chi connectivity index (χ0n) is 5.50. The van der Waals surface area contributed by atoms with E-state index in [1.54, 1.807) is 0 Å². The van der Waals surface area contributed by atoms with Gasteiger partial charge in [0.2, 0.25) is 0 Å². The maximum Gasteiger partial charge on any atom is 0.0467 e. The standard InChI is InChI=1S/C7H7Br3/c1-7(10)3-5(8)2-6(9)4-7/h2-3H,4H2,1H3. The van der Waals surface area contributed by atoms with Crippen molar-refractivity contribution < 1.29 is 0 Å². The number of allylic oxidation sites excluding steroid dienone is 4. The number of alkyl halides is 1. The molecule has 0 saturated heterocycles. The van der Waals surface area contributed by atoms with Gasteiger partial charge >= 0.3 is 0 Å². The summed E-state index contributed by atoms with van der Waals surface area (Å²) in [6, 6.07) is 0. The lowest BCUT2D eigenvalue weighted by molar-refractivity contribution is 0.808. The van der Waals surface area contributed by atoms with Gasteiger partial charge in [0, 0.05) is 8.81 Å². The van der Waals surface area contributed by atoms with Gasteiger partial charge in [0.15, 0.2) is 0 Å². The van der Waals surface area contributed by atoms with E-state index >= 15 is 0 Å². The quantitative estimate of drug-likeness (QED) is 0.587. The van der Waals surface area contributed by atoms with Crippen molar-refractivity contribution in [1.82, 2.24) is 0 Å². The highest BCUT2D eigenvalue weighted by Crippen LogP contribution is 2.37.